The lowest BCUT2D eigenvalue weighted by atomic mass is 9.70. The summed E-state index contributed by atoms with van der Waals surface area (Å²) in [6.45, 7) is 11.1. The molecule has 0 radical (unpaired) electrons. The van der Waals surface area contributed by atoms with Crippen LogP contribution in [0.2, 0.25) is 0 Å². The number of nitrogens with two attached hydrogens (primary N) is 1. The van der Waals surface area contributed by atoms with Gasteiger partial charge in [0, 0.05) is 17.2 Å². The van der Waals surface area contributed by atoms with E-state index in [1.54, 1.807) is 0 Å². The van der Waals surface area contributed by atoms with E-state index in [2.05, 4.69) is 25.8 Å². The number of carbonyl (C=O) groups excluding carboxylic acids is 1. The van der Waals surface area contributed by atoms with E-state index in [4.69, 9.17) is 20.0 Å². The van der Waals surface area contributed by atoms with Gasteiger partial charge in [-0.05, 0) is 38.0 Å². The zero-order chi connectivity index (χ0) is 18.4. The molecule has 25 heavy (non-hydrogen) atoms. The molecular weight excluding hydrogens is 320 g/mol. The van der Waals surface area contributed by atoms with E-state index in [9.17, 15) is 4.79 Å². The highest BCUT2D eigenvalue weighted by Gasteiger charge is 2.74. The molecule has 0 amide bonds. The zero-order valence-electron chi connectivity index (χ0n) is 16.0. The molecule has 6 nitrogen and oxygen atoms in total. The van der Waals surface area contributed by atoms with Crippen molar-refractivity contribution in [2.75, 3.05) is 7.11 Å². The minimum atomic E-state index is -0.531. The summed E-state index contributed by atoms with van der Waals surface area (Å²) in [6, 6.07) is 0.258. The SMILES string of the molecule is COC(=O)/C=C(\N)[C@@H]1[C@H]2O[C@H]3[C@H]([C@@H]4CC[C@@]3(C)C4(C)C)N2OC1(C)C. The highest BCUT2D eigenvalue weighted by Crippen LogP contribution is 2.70. The zero-order valence-corrected chi connectivity index (χ0v) is 16.0. The van der Waals surface area contributed by atoms with Gasteiger partial charge < -0.3 is 15.2 Å². The fourth-order valence-electron chi connectivity index (χ4n) is 6.04. The normalized spacial score (nSPS) is 47.0. The lowest BCUT2D eigenvalue weighted by molar-refractivity contribution is -0.220. The molecule has 4 aliphatic rings. The molecule has 2 heterocycles. The Bertz CT molecular complexity index is 643. The Morgan fingerprint density at radius 2 is 1.96 bits per heavy atom. The molecule has 0 unspecified atom stereocenters. The van der Waals surface area contributed by atoms with Crippen molar-refractivity contribution in [3.63, 3.8) is 0 Å². The Balaban J connectivity index is 1.68. The Morgan fingerprint density at radius 1 is 1.28 bits per heavy atom. The largest absolute Gasteiger partial charge is 0.466 e. The van der Waals surface area contributed by atoms with Crippen molar-refractivity contribution >= 4 is 5.97 Å². The van der Waals surface area contributed by atoms with E-state index in [1.165, 1.54) is 26.0 Å². The molecule has 140 valence electrons. The summed E-state index contributed by atoms with van der Waals surface area (Å²) < 4.78 is 11.3. The number of hydrogen-bond acceptors (Lipinski definition) is 6. The minimum absolute atomic E-state index is 0.144. The van der Waals surface area contributed by atoms with Crippen LogP contribution >= 0.6 is 0 Å². The predicted molar refractivity (Wildman–Crippen MR) is 91.8 cm³/mol. The molecule has 0 aromatic carbocycles. The lowest BCUT2D eigenvalue weighted by Crippen LogP contribution is -2.43. The number of hydroxylamine groups is 2. The van der Waals surface area contributed by atoms with E-state index in [1.807, 2.05) is 13.8 Å². The van der Waals surface area contributed by atoms with Crippen molar-refractivity contribution in [2.45, 2.75) is 71.4 Å². The van der Waals surface area contributed by atoms with Gasteiger partial charge >= 0.3 is 5.97 Å². The first-order chi connectivity index (χ1) is 11.5. The number of nitrogens with zero attached hydrogens (tertiary/aromatic N) is 1. The maximum Gasteiger partial charge on any atom is 0.332 e. The molecule has 2 N–H and O–H groups in total. The van der Waals surface area contributed by atoms with Gasteiger partial charge in [-0.15, -0.1) is 0 Å². The summed E-state index contributed by atoms with van der Waals surface area (Å²) >= 11 is 0. The summed E-state index contributed by atoms with van der Waals surface area (Å²) in [4.78, 5) is 18.0. The fourth-order valence-corrected chi connectivity index (χ4v) is 6.04. The summed E-state index contributed by atoms with van der Waals surface area (Å²) in [5.41, 5.74) is 6.58. The van der Waals surface area contributed by atoms with Gasteiger partial charge in [0.05, 0.1) is 30.8 Å². The molecule has 4 fully saturated rings. The molecule has 2 saturated carbocycles. The van der Waals surface area contributed by atoms with Gasteiger partial charge in [0.15, 0.2) is 0 Å². The second-order valence-electron chi connectivity index (χ2n) is 9.42. The van der Waals surface area contributed by atoms with Crippen LogP contribution in [-0.4, -0.2) is 42.1 Å². The summed E-state index contributed by atoms with van der Waals surface area (Å²) in [6.07, 6.45) is 3.65. The van der Waals surface area contributed by atoms with Crippen LogP contribution in [0.5, 0.6) is 0 Å². The molecule has 0 spiro atoms. The molecular formula is C19H30N2O4. The Hall–Kier alpha value is -1.11. The summed E-state index contributed by atoms with van der Waals surface area (Å²) in [7, 11) is 1.35. The topological polar surface area (TPSA) is 74.0 Å². The monoisotopic (exact) mass is 350 g/mol. The molecule has 0 aromatic rings. The van der Waals surface area contributed by atoms with Crippen LogP contribution in [0, 0.1) is 22.7 Å². The summed E-state index contributed by atoms with van der Waals surface area (Å²) in [5, 5.41) is 2.06. The molecule has 0 aromatic heterocycles. The van der Waals surface area contributed by atoms with Gasteiger partial charge in [0.25, 0.3) is 0 Å². The van der Waals surface area contributed by atoms with E-state index in [0.717, 1.165) is 0 Å². The molecule has 6 atom stereocenters. The third-order valence-corrected chi connectivity index (χ3v) is 7.77. The van der Waals surface area contributed by atoms with Gasteiger partial charge in [-0.2, -0.15) is 5.06 Å². The number of ether oxygens (including phenoxy) is 2. The third-order valence-electron chi connectivity index (χ3n) is 7.77. The average Bonchev–Trinajstić information content (AvgIpc) is 3.10. The highest BCUT2D eigenvalue weighted by atomic mass is 16.8. The van der Waals surface area contributed by atoms with Crippen molar-refractivity contribution in [1.29, 1.82) is 0 Å². The number of rotatable bonds is 2. The highest BCUT2D eigenvalue weighted by molar-refractivity contribution is 5.82. The Kier molecular flexibility index (Phi) is 3.45. The molecule has 2 bridgehead atoms. The predicted octanol–water partition coefficient (Wildman–Crippen LogP) is 2.19. The van der Waals surface area contributed by atoms with Crippen LogP contribution in [-0.2, 0) is 19.1 Å². The molecule has 2 aliphatic carbocycles. The summed E-state index contributed by atoms with van der Waals surface area (Å²) in [5.74, 6) is -0.103. The number of fused-ring (bicyclic) bond motifs is 7. The molecule has 4 rings (SSSR count). The number of esters is 1. The van der Waals surface area contributed by atoms with E-state index >= 15 is 0 Å². The first kappa shape index (κ1) is 17.3. The van der Waals surface area contributed by atoms with Crippen molar-refractivity contribution in [1.82, 2.24) is 5.06 Å². The second kappa shape index (κ2) is 4.99. The lowest BCUT2D eigenvalue weighted by Gasteiger charge is -2.39. The number of methoxy groups -OCH3 is 1. The van der Waals surface area contributed by atoms with Crippen LogP contribution in [0.25, 0.3) is 0 Å². The fraction of sp³-hybridized carbons (Fsp3) is 0.842. The third kappa shape index (κ3) is 1.99. The van der Waals surface area contributed by atoms with Gasteiger partial charge in [-0.25, -0.2) is 4.79 Å². The average molecular weight is 350 g/mol. The Labute approximate surface area is 149 Å². The van der Waals surface area contributed by atoms with Crippen LogP contribution in [0.1, 0.15) is 47.5 Å². The van der Waals surface area contributed by atoms with Gasteiger partial charge in [-0.3, -0.25) is 4.84 Å². The van der Waals surface area contributed by atoms with Crippen LogP contribution in [0.15, 0.2) is 11.8 Å². The maximum absolute atomic E-state index is 11.7. The van der Waals surface area contributed by atoms with Crippen molar-refractivity contribution in [3.8, 4) is 0 Å². The minimum Gasteiger partial charge on any atom is -0.466 e. The maximum atomic E-state index is 11.7. The second-order valence-corrected chi connectivity index (χ2v) is 9.42. The first-order valence-corrected chi connectivity index (χ1v) is 9.22. The van der Waals surface area contributed by atoms with Gasteiger partial charge in [0.1, 0.15) is 6.23 Å². The van der Waals surface area contributed by atoms with E-state index in [0.29, 0.717) is 11.6 Å². The van der Waals surface area contributed by atoms with Crippen molar-refractivity contribution < 1.29 is 19.1 Å². The standard InChI is InChI=1S/C19H30N2O4/c1-17(2)10-7-8-19(17,5)15-14(10)21-16(24-15)13(18(3,4)25-21)11(20)9-12(22)23-6/h9-10,13-16H,7-8,20H2,1-6H3/b11-9-/t10-,13+,14-,15-,16+,19+/m0/s1. The quantitative estimate of drug-likeness (QED) is 0.608. The van der Waals surface area contributed by atoms with Gasteiger partial charge in [-0.1, -0.05) is 20.8 Å². The number of hydrogen-bond donors (Lipinski definition) is 1. The first-order valence-electron chi connectivity index (χ1n) is 9.22. The molecule has 6 heteroatoms. The van der Waals surface area contributed by atoms with E-state index < -0.39 is 11.6 Å². The Morgan fingerprint density at radius 3 is 2.60 bits per heavy atom. The van der Waals surface area contributed by atoms with E-state index in [-0.39, 0.29) is 35.1 Å². The molecule has 2 saturated heterocycles. The van der Waals surface area contributed by atoms with Crippen LogP contribution in [0.4, 0.5) is 0 Å². The number of carbonyl (C=O) groups is 1. The van der Waals surface area contributed by atoms with Crippen LogP contribution < -0.4 is 5.73 Å². The molecule has 2 aliphatic heterocycles. The van der Waals surface area contributed by atoms with Gasteiger partial charge in [0.2, 0.25) is 0 Å². The van der Waals surface area contributed by atoms with Crippen LogP contribution in [0.3, 0.4) is 0 Å². The smallest absolute Gasteiger partial charge is 0.332 e. The van der Waals surface area contributed by atoms with Crippen molar-refractivity contribution in [2.24, 2.45) is 28.4 Å². The van der Waals surface area contributed by atoms with Crippen molar-refractivity contribution in [3.05, 3.63) is 11.8 Å².